The maximum absolute atomic E-state index is 11.4. The monoisotopic (exact) mass is 517 g/mol. The molecule has 2 N–H and O–H groups in total. The van der Waals surface area contributed by atoms with Crippen LogP contribution >= 0.6 is 11.8 Å². The normalized spacial score (nSPS) is 19.5. The lowest BCUT2D eigenvalue weighted by Gasteiger charge is -2.36. The van der Waals surface area contributed by atoms with Crippen LogP contribution in [0.4, 0.5) is 5.69 Å². The van der Waals surface area contributed by atoms with Crippen LogP contribution in [-0.2, 0) is 20.9 Å². The third-order valence-electron chi connectivity index (χ3n) is 5.96. The molecule has 2 heterocycles. The van der Waals surface area contributed by atoms with Gasteiger partial charge in [0.1, 0.15) is 0 Å². The number of aliphatic hydroxyl groups excluding tert-OH is 1. The van der Waals surface area contributed by atoms with E-state index in [4.69, 9.17) is 9.47 Å². The minimum absolute atomic E-state index is 0.00636. The van der Waals surface area contributed by atoms with Gasteiger partial charge in [0.05, 0.1) is 24.5 Å². The highest BCUT2D eigenvalue weighted by molar-refractivity contribution is 7.99. The van der Waals surface area contributed by atoms with E-state index in [0.29, 0.717) is 23.0 Å². The molecule has 3 atom stereocenters. The topological polar surface area (TPSA) is 111 Å². The highest BCUT2D eigenvalue weighted by atomic mass is 32.2. The molecule has 0 unspecified atom stereocenters. The zero-order valence-electron chi connectivity index (χ0n) is 20.2. The zero-order chi connectivity index (χ0) is 25.6. The summed E-state index contributed by atoms with van der Waals surface area (Å²) < 4.78 is 14.5. The number of ether oxygens (including phenoxy) is 2. The summed E-state index contributed by atoms with van der Waals surface area (Å²) in [7, 11) is 0. The number of para-hydroxylation sites is 1. The van der Waals surface area contributed by atoms with Crippen molar-refractivity contribution < 1.29 is 19.4 Å². The molecule has 1 aliphatic heterocycles. The number of hydrogen-bond acceptors (Lipinski definition) is 8. The van der Waals surface area contributed by atoms with Gasteiger partial charge in [-0.1, -0.05) is 66.4 Å². The second-order valence-electron chi connectivity index (χ2n) is 8.67. The summed E-state index contributed by atoms with van der Waals surface area (Å²) in [6, 6.07) is 25.0. The number of aliphatic hydroxyl groups is 1. The van der Waals surface area contributed by atoms with Crippen molar-refractivity contribution in [2.24, 2.45) is 0 Å². The Balaban J connectivity index is 1.35. The van der Waals surface area contributed by atoms with Gasteiger partial charge in [-0.05, 0) is 45.8 Å². The van der Waals surface area contributed by atoms with Gasteiger partial charge in [-0.2, -0.15) is 4.68 Å². The van der Waals surface area contributed by atoms with Gasteiger partial charge in [0.25, 0.3) is 0 Å². The second-order valence-corrected chi connectivity index (χ2v) is 9.66. The van der Waals surface area contributed by atoms with Gasteiger partial charge in [0, 0.05) is 30.3 Å². The Morgan fingerprint density at radius 3 is 2.46 bits per heavy atom. The molecule has 4 aromatic rings. The number of rotatable bonds is 8. The number of carbonyl (C=O) groups excluding carboxylic acids is 1. The highest BCUT2D eigenvalue weighted by Gasteiger charge is 2.32. The second kappa shape index (κ2) is 11.7. The third kappa shape index (κ3) is 6.23. The fraction of sp³-hybridized carbons (Fsp3) is 0.259. The summed E-state index contributed by atoms with van der Waals surface area (Å²) in [6.07, 6.45) is -0.267. The Morgan fingerprint density at radius 1 is 1.03 bits per heavy atom. The molecule has 190 valence electrons. The largest absolute Gasteiger partial charge is 0.392 e. The smallest absolute Gasteiger partial charge is 0.221 e. The number of nitrogens with zero attached hydrogens (tertiary/aromatic N) is 4. The molecule has 5 rings (SSSR count). The van der Waals surface area contributed by atoms with Crippen LogP contribution in [0, 0.1) is 0 Å². The van der Waals surface area contributed by atoms with Crippen molar-refractivity contribution in [3.63, 3.8) is 0 Å². The van der Waals surface area contributed by atoms with Crippen LogP contribution in [0.5, 0.6) is 0 Å². The number of anilines is 1. The lowest BCUT2D eigenvalue weighted by molar-refractivity contribution is -0.245. The molecule has 0 aliphatic carbocycles. The van der Waals surface area contributed by atoms with Crippen molar-refractivity contribution in [3.05, 3.63) is 95.6 Å². The molecule has 10 heteroatoms. The van der Waals surface area contributed by atoms with Gasteiger partial charge in [-0.15, -0.1) is 5.10 Å². The summed E-state index contributed by atoms with van der Waals surface area (Å²) in [5.74, 6) is 0.502. The van der Waals surface area contributed by atoms with E-state index < -0.39 is 6.29 Å². The summed E-state index contributed by atoms with van der Waals surface area (Å²) >= 11 is 1.53. The molecule has 9 nitrogen and oxygen atoms in total. The zero-order valence-corrected chi connectivity index (χ0v) is 21.0. The van der Waals surface area contributed by atoms with Crippen molar-refractivity contribution in [2.45, 2.75) is 43.6 Å². The molecule has 37 heavy (non-hydrogen) atoms. The first-order chi connectivity index (χ1) is 18.1. The Labute approximate surface area is 218 Å². The molecule has 0 saturated carbocycles. The minimum atomic E-state index is -0.585. The molecular weight excluding hydrogens is 490 g/mol. The van der Waals surface area contributed by atoms with Gasteiger partial charge < -0.3 is 19.9 Å². The minimum Gasteiger partial charge on any atom is -0.392 e. The quantitative estimate of drug-likeness (QED) is 0.330. The number of thioether (sulfide) groups is 1. The molecule has 1 aliphatic rings. The maximum Gasteiger partial charge on any atom is 0.221 e. The number of carbonyl (C=O) groups is 1. The summed E-state index contributed by atoms with van der Waals surface area (Å²) in [5.41, 5.74) is 4.32. The molecule has 1 amide bonds. The van der Waals surface area contributed by atoms with E-state index in [2.05, 4.69) is 20.8 Å². The number of aromatic nitrogens is 4. The predicted molar refractivity (Wildman–Crippen MR) is 139 cm³/mol. The molecule has 3 aromatic carbocycles. The van der Waals surface area contributed by atoms with Crippen LogP contribution in [-0.4, -0.2) is 43.1 Å². The van der Waals surface area contributed by atoms with Gasteiger partial charge in [0.2, 0.25) is 11.1 Å². The van der Waals surface area contributed by atoms with Crippen molar-refractivity contribution in [2.75, 3.05) is 11.1 Å². The van der Waals surface area contributed by atoms with Crippen molar-refractivity contribution in [1.29, 1.82) is 0 Å². The number of hydrogen-bond donors (Lipinski definition) is 2. The first-order valence-electron chi connectivity index (χ1n) is 11.9. The van der Waals surface area contributed by atoms with Crippen LogP contribution < -0.4 is 5.32 Å². The fourth-order valence-electron chi connectivity index (χ4n) is 4.12. The Morgan fingerprint density at radius 2 is 1.76 bits per heavy atom. The SMILES string of the molecule is CC(=O)Nc1ccc([C@@H]2O[C@H](CSc3nnnn3-c3ccccc3)C[C@H](c3ccc(CO)cc3)O2)cc1. The maximum atomic E-state index is 11.4. The van der Waals surface area contributed by atoms with E-state index in [1.54, 1.807) is 4.68 Å². The lowest BCUT2D eigenvalue weighted by atomic mass is 10.0. The standard InChI is InChI=1S/C27H27N5O4S/c1-18(34)28-22-13-11-21(12-14-22)26-35-24(15-25(36-26)20-9-7-19(16-33)8-10-20)17-37-27-29-30-31-32(27)23-5-3-2-4-6-23/h2-14,24-26,33H,15-17H2,1H3,(H,28,34)/t24-,25+,26+/m0/s1. The van der Waals surface area contributed by atoms with Crippen molar-refractivity contribution in [3.8, 4) is 5.69 Å². The van der Waals surface area contributed by atoms with E-state index in [1.165, 1.54) is 18.7 Å². The van der Waals surface area contributed by atoms with Crippen molar-refractivity contribution >= 4 is 23.4 Å². The number of tetrazole rings is 1. The Kier molecular flexibility index (Phi) is 7.90. The number of benzene rings is 3. The number of nitrogens with one attached hydrogen (secondary N) is 1. The summed E-state index contributed by atoms with van der Waals surface area (Å²) in [4.78, 5) is 11.4. The van der Waals surface area contributed by atoms with Gasteiger partial charge in [0.15, 0.2) is 6.29 Å². The average Bonchev–Trinajstić information content (AvgIpc) is 3.41. The Bertz CT molecular complexity index is 1310. The highest BCUT2D eigenvalue weighted by Crippen LogP contribution is 2.39. The van der Waals surface area contributed by atoms with E-state index in [9.17, 15) is 9.90 Å². The van der Waals surface area contributed by atoms with Crippen LogP contribution in [0.25, 0.3) is 5.69 Å². The molecule has 0 radical (unpaired) electrons. The van der Waals surface area contributed by atoms with E-state index in [0.717, 1.165) is 22.4 Å². The van der Waals surface area contributed by atoms with Crippen LogP contribution in [0.1, 0.15) is 42.4 Å². The van der Waals surface area contributed by atoms with Crippen LogP contribution in [0.15, 0.2) is 84.0 Å². The Hall–Kier alpha value is -3.57. The summed E-state index contributed by atoms with van der Waals surface area (Å²) in [5, 5.41) is 25.1. The molecular formula is C27H27N5O4S. The first-order valence-corrected chi connectivity index (χ1v) is 12.9. The van der Waals surface area contributed by atoms with Gasteiger partial charge >= 0.3 is 0 Å². The van der Waals surface area contributed by atoms with Gasteiger partial charge in [-0.3, -0.25) is 4.79 Å². The molecule has 0 spiro atoms. The fourth-order valence-corrected chi connectivity index (χ4v) is 5.03. The summed E-state index contributed by atoms with van der Waals surface area (Å²) in [6.45, 7) is 1.47. The third-order valence-corrected chi connectivity index (χ3v) is 7.01. The number of amides is 1. The van der Waals surface area contributed by atoms with Crippen LogP contribution in [0.2, 0.25) is 0 Å². The lowest BCUT2D eigenvalue weighted by Crippen LogP contribution is -2.31. The molecule has 1 saturated heterocycles. The average molecular weight is 518 g/mol. The van der Waals surface area contributed by atoms with E-state index in [1.807, 2.05) is 78.9 Å². The molecule has 1 fully saturated rings. The van der Waals surface area contributed by atoms with Crippen molar-refractivity contribution in [1.82, 2.24) is 20.2 Å². The first kappa shape index (κ1) is 25.1. The van der Waals surface area contributed by atoms with E-state index >= 15 is 0 Å². The molecule has 1 aromatic heterocycles. The van der Waals surface area contributed by atoms with Gasteiger partial charge in [-0.25, -0.2) is 0 Å². The van der Waals surface area contributed by atoms with E-state index in [-0.39, 0.29) is 24.7 Å². The molecule has 0 bridgehead atoms. The van der Waals surface area contributed by atoms with Crippen LogP contribution in [0.3, 0.4) is 0 Å². The predicted octanol–water partition coefficient (Wildman–Crippen LogP) is 4.45.